The molecule has 0 bridgehead atoms. The van der Waals surface area contributed by atoms with Crippen LogP contribution in [0.3, 0.4) is 0 Å². The third kappa shape index (κ3) is 3.03. The summed E-state index contributed by atoms with van der Waals surface area (Å²) in [6.45, 7) is 0. The smallest absolute Gasteiger partial charge is 0.255 e. The summed E-state index contributed by atoms with van der Waals surface area (Å²) in [7, 11) is 0. The van der Waals surface area contributed by atoms with E-state index >= 15 is 0 Å². The van der Waals surface area contributed by atoms with Gasteiger partial charge in [0.05, 0.1) is 17.7 Å². The van der Waals surface area contributed by atoms with E-state index in [1.165, 1.54) is 0 Å². The van der Waals surface area contributed by atoms with Crippen LogP contribution in [0.15, 0.2) is 71.7 Å². The summed E-state index contributed by atoms with van der Waals surface area (Å²) in [6.07, 6.45) is 5.24. The van der Waals surface area contributed by atoms with E-state index in [1.807, 2.05) is 47.2 Å². The molecule has 1 amide bonds. The van der Waals surface area contributed by atoms with Crippen molar-refractivity contribution in [3.05, 3.63) is 77.3 Å². The van der Waals surface area contributed by atoms with Crippen molar-refractivity contribution in [1.29, 1.82) is 0 Å². The summed E-state index contributed by atoms with van der Waals surface area (Å²) in [5.74, 6) is -0.143. The van der Waals surface area contributed by atoms with Crippen molar-refractivity contribution in [2.45, 2.75) is 0 Å². The van der Waals surface area contributed by atoms with E-state index in [1.54, 1.807) is 24.7 Å². The molecule has 0 aliphatic rings. The Labute approximate surface area is 130 Å². The van der Waals surface area contributed by atoms with Crippen LogP contribution < -0.4 is 5.32 Å². The molecule has 0 radical (unpaired) electrons. The number of para-hydroxylation sites is 2. The van der Waals surface area contributed by atoms with Gasteiger partial charge in [0.15, 0.2) is 0 Å². The molecule has 0 aliphatic carbocycles. The first-order valence-electron chi connectivity index (χ1n) is 6.38. The Morgan fingerprint density at radius 1 is 1.10 bits per heavy atom. The number of carbonyl (C=O) groups excluding carboxylic acids is 1. The molecule has 0 unspecified atom stereocenters. The van der Waals surface area contributed by atoms with Crippen LogP contribution in [0.5, 0.6) is 0 Å². The predicted molar refractivity (Wildman–Crippen MR) is 85.7 cm³/mol. The van der Waals surface area contributed by atoms with E-state index in [9.17, 15) is 4.79 Å². The van der Waals surface area contributed by atoms with Crippen LogP contribution in [0.4, 0.5) is 5.69 Å². The van der Waals surface area contributed by atoms with E-state index in [4.69, 9.17) is 0 Å². The second kappa shape index (κ2) is 5.93. The second-order valence-electron chi connectivity index (χ2n) is 4.45. The maximum absolute atomic E-state index is 12.3. The molecule has 4 nitrogen and oxygen atoms in total. The van der Waals surface area contributed by atoms with Gasteiger partial charge < -0.3 is 9.88 Å². The molecular weight excluding hydrogens is 330 g/mol. The monoisotopic (exact) mass is 341 g/mol. The standard InChI is InChI=1S/C16H12BrN3O/c17-13-7-5-12(6-8-13)16(21)19-14-3-1-2-4-15(14)20-10-9-18-11-20/h1-11H,(H,19,21). The van der Waals surface area contributed by atoms with Gasteiger partial charge in [-0.15, -0.1) is 0 Å². The number of halogens is 1. The highest BCUT2D eigenvalue weighted by Crippen LogP contribution is 2.20. The number of nitrogens with one attached hydrogen (secondary N) is 1. The Balaban J connectivity index is 1.88. The average molecular weight is 342 g/mol. The number of carbonyl (C=O) groups is 1. The van der Waals surface area contributed by atoms with Crippen molar-refractivity contribution in [3.63, 3.8) is 0 Å². The fourth-order valence-corrected chi connectivity index (χ4v) is 2.27. The van der Waals surface area contributed by atoms with Crippen LogP contribution in [0, 0.1) is 0 Å². The number of aromatic nitrogens is 2. The number of rotatable bonds is 3. The van der Waals surface area contributed by atoms with Crippen LogP contribution >= 0.6 is 15.9 Å². The maximum Gasteiger partial charge on any atom is 0.255 e. The van der Waals surface area contributed by atoms with Gasteiger partial charge >= 0.3 is 0 Å². The van der Waals surface area contributed by atoms with Gasteiger partial charge in [0, 0.05) is 22.4 Å². The highest BCUT2D eigenvalue weighted by molar-refractivity contribution is 9.10. The highest BCUT2D eigenvalue weighted by Gasteiger charge is 2.09. The highest BCUT2D eigenvalue weighted by atomic mass is 79.9. The molecule has 5 heteroatoms. The van der Waals surface area contributed by atoms with E-state index in [-0.39, 0.29) is 5.91 Å². The lowest BCUT2D eigenvalue weighted by atomic mass is 10.2. The van der Waals surface area contributed by atoms with Crippen molar-refractivity contribution < 1.29 is 4.79 Å². The molecule has 0 aliphatic heterocycles. The van der Waals surface area contributed by atoms with Crippen molar-refractivity contribution in [1.82, 2.24) is 9.55 Å². The number of hydrogen-bond acceptors (Lipinski definition) is 2. The van der Waals surface area contributed by atoms with Gasteiger partial charge in [-0.3, -0.25) is 4.79 Å². The fraction of sp³-hybridized carbons (Fsp3) is 0. The molecular formula is C16H12BrN3O. The molecule has 0 spiro atoms. The first kappa shape index (κ1) is 13.6. The number of benzene rings is 2. The van der Waals surface area contributed by atoms with Gasteiger partial charge in [-0.1, -0.05) is 28.1 Å². The molecule has 0 saturated carbocycles. The van der Waals surface area contributed by atoms with Crippen LogP contribution in [0.1, 0.15) is 10.4 Å². The molecule has 3 aromatic rings. The summed E-state index contributed by atoms with van der Waals surface area (Å²) >= 11 is 3.36. The third-order valence-corrected chi connectivity index (χ3v) is 3.57. The number of amides is 1. The molecule has 0 atom stereocenters. The Bertz CT molecular complexity index is 751. The van der Waals surface area contributed by atoms with Crippen molar-refractivity contribution >= 4 is 27.5 Å². The van der Waals surface area contributed by atoms with Gasteiger partial charge in [-0.25, -0.2) is 4.98 Å². The van der Waals surface area contributed by atoms with Gasteiger partial charge in [-0.05, 0) is 36.4 Å². The Morgan fingerprint density at radius 2 is 1.86 bits per heavy atom. The van der Waals surface area contributed by atoms with Gasteiger partial charge in [0.2, 0.25) is 0 Å². The zero-order valence-corrected chi connectivity index (χ0v) is 12.6. The Hall–Kier alpha value is -2.40. The first-order chi connectivity index (χ1) is 10.2. The normalized spacial score (nSPS) is 10.3. The molecule has 3 rings (SSSR count). The van der Waals surface area contributed by atoms with E-state index in [0.29, 0.717) is 5.56 Å². The molecule has 2 aromatic carbocycles. The lowest BCUT2D eigenvalue weighted by Crippen LogP contribution is -2.13. The zero-order valence-electron chi connectivity index (χ0n) is 11.0. The quantitative estimate of drug-likeness (QED) is 0.785. The van der Waals surface area contributed by atoms with Crippen LogP contribution in [-0.2, 0) is 0 Å². The first-order valence-corrected chi connectivity index (χ1v) is 7.17. The minimum absolute atomic E-state index is 0.143. The minimum Gasteiger partial charge on any atom is -0.320 e. The molecule has 1 heterocycles. The Kier molecular flexibility index (Phi) is 3.83. The topological polar surface area (TPSA) is 46.9 Å². The zero-order chi connectivity index (χ0) is 14.7. The van der Waals surface area contributed by atoms with Crippen molar-refractivity contribution in [2.75, 3.05) is 5.32 Å². The number of imidazole rings is 1. The maximum atomic E-state index is 12.3. The van der Waals surface area contributed by atoms with E-state index < -0.39 is 0 Å². The number of nitrogens with zero attached hydrogens (tertiary/aromatic N) is 2. The summed E-state index contributed by atoms with van der Waals surface area (Å²) < 4.78 is 2.80. The van der Waals surface area contributed by atoms with Crippen LogP contribution in [0.25, 0.3) is 5.69 Å². The summed E-state index contributed by atoms with van der Waals surface area (Å²) in [5, 5.41) is 2.93. The van der Waals surface area contributed by atoms with Crippen molar-refractivity contribution in [3.8, 4) is 5.69 Å². The third-order valence-electron chi connectivity index (χ3n) is 3.04. The van der Waals surface area contributed by atoms with E-state index in [0.717, 1.165) is 15.8 Å². The SMILES string of the molecule is O=C(Nc1ccccc1-n1ccnc1)c1ccc(Br)cc1. The average Bonchev–Trinajstić information content (AvgIpc) is 3.02. The molecule has 1 aromatic heterocycles. The fourth-order valence-electron chi connectivity index (χ4n) is 2.00. The number of anilines is 1. The second-order valence-corrected chi connectivity index (χ2v) is 5.36. The van der Waals surface area contributed by atoms with Gasteiger partial charge in [0.1, 0.15) is 0 Å². The lowest BCUT2D eigenvalue weighted by Gasteiger charge is -2.11. The number of hydrogen-bond donors (Lipinski definition) is 1. The molecule has 104 valence electrons. The Morgan fingerprint density at radius 3 is 2.57 bits per heavy atom. The predicted octanol–water partition coefficient (Wildman–Crippen LogP) is 3.89. The molecule has 21 heavy (non-hydrogen) atoms. The summed E-state index contributed by atoms with van der Waals surface area (Å²) in [6, 6.07) is 14.8. The summed E-state index contributed by atoms with van der Waals surface area (Å²) in [4.78, 5) is 16.3. The molecule has 0 saturated heterocycles. The van der Waals surface area contributed by atoms with Crippen LogP contribution in [0.2, 0.25) is 0 Å². The lowest BCUT2D eigenvalue weighted by molar-refractivity contribution is 0.102. The molecule has 1 N–H and O–H groups in total. The summed E-state index contributed by atoms with van der Waals surface area (Å²) in [5.41, 5.74) is 2.22. The van der Waals surface area contributed by atoms with E-state index in [2.05, 4.69) is 26.2 Å². The van der Waals surface area contributed by atoms with Gasteiger partial charge in [-0.2, -0.15) is 0 Å². The van der Waals surface area contributed by atoms with Gasteiger partial charge in [0.25, 0.3) is 5.91 Å². The largest absolute Gasteiger partial charge is 0.320 e. The molecule has 0 fully saturated rings. The van der Waals surface area contributed by atoms with Crippen LogP contribution in [-0.4, -0.2) is 15.5 Å². The van der Waals surface area contributed by atoms with Crippen molar-refractivity contribution in [2.24, 2.45) is 0 Å². The minimum atomic E-state index is -0.143.